The molecule has 0 bridgehead atoms. The second-order valence-electron chi connectivity index (χ2n) is 3.16. The fourth-order valence-corrected chi connectivity index (χ4v) is 1.15. The van der Waals surface area contributed by atoms with Gasteiger partial charge in [0, 0.05) is 5.02 Å². The Bertz CT molecular complexity index is 387. The largest absolute Gasteiger partial charge is 0.481 e. The molecule has 0 aromatic heterocycles. The summed E-state index contributed by atoms with van der Waals surface area (Å²) in [6.07, 6.45) is -0.0581. The van der Waals surface area contributed by atoms with E-state index in [0.717, 1.165) is 5.56 Å². The summed E-state index contributed by atoms with van der Waals surface area (Å²) in [7, 11) is 0. The van der Waals surface area contributed by atoms with Crippen molar-refractivity contribution in [2.75, 3.05) is 6.61 Å². The van der Waals surface area contributed by atoms with E-state index in [0.29, 0.717) is 10.7 Å². The van der Waals surface area contributed by atoms with Gasteiger partial charge in [0.1, 0.15) is 6.61 Å². The molecule has 0 radical (unpaired) electrons. The Kier molecular flexibility index (Phi) is 4.79. The topological polar surface area (TPSA) is 58.9 Å². The van der Waals surface area contributed by atoms with E-state index in [4.69, 9.17) is 21.5 Å². The number of rotatable bonds is 5. The van der Waals surface area contributed by atoms with Gasteiger partial charge in [-0.2, -0.15) is 0 Å². The molecule has 4 nitrogen and oxygen atoms in total. The predicted molar refractivity (Wildman–Crippen MR) is 61.9 cm³/mol. The highest BCUT2D eigenvalue weighted by Crippen LogP contribution is 2.10. The summed E-state index contributed by atoms with van der Waals surface area (Å²) in [6.45, 7) is 1.85. The molecule has 0 fully saturated rings. The summed E-state index contributed by atoms with van der Waals surface area (Å²) in [4.78, 5) is 15.1. The van der Waals surface area contributed by atoms with Crippen LogP contribution in [-0.4, -0.2) is 23.4 Å². The molecule has 0 atom stereocenters. The molecule has 0 aliphatic heterocycles. The molecule has 5 heteroatoms. The SMILES string of the molecule is CC(=NOCCC(=O)O)c1ccc(Cl)cc1. The molecule has 0 aliphatic rings. The molecule has 0 saturated carbocycles. The Labute approximate surface area is 98.5 Å². The van der Waals surface area contributed by atoms with Gasteiger partial charge in [-0.25, -0.2) is 0 Å². The van der Waals surface area contributed by atoms with Crippen LogP contribution in [0, 0.1) is 0 Å². The van der Waals surface area contributed by atoms with E-state index in [9.17, 15) is 4.79 Å². The van der Waals surface area contributed by atoms with Gasteiger partial charge in [-0.15, -0.1) is 0 Å². The minimum absolute atomic E-state index is 0.0581. The molecule has 86 valence electrons. The number of hydrogen-bond acceptors (Lipinski definition) is 3. The normalized spacial score (nSPS) is 11.2. The van der Waals surface area contributed by atoms with Gasteiger partial charge in [-0.1, -0.05) is 28.9 Å². The van der Waals surface area contributed by atoms with E-state index in [1.54, 1.807) is 19.1 Å². The third-order valence-electron chi connectivity index (χ3n) is 1.87. The molecule has 0 unspecified atom stereocenters. The van der Waals surface area contributed by atoms with Crippen molar-refractivity contribution in [2.24, 2.45) is 5.16 Å². The van der Waals surface area contributed by atoms with E-state index in [1.165, 1.54) is 0 Å². The first-order valence-corrected chi connectivity index (χ1v) is 5.11. The van der Waals surface area contributed by atoms with Gasteiger partial charge < -0.3 is 9.94 Å². The highest BCUT2D eigenvalue weighted by atomic mass is 35.5. The van der Waals surface area contributed by atoms with Crippen molar-refractivity contribution in [3.05, 3.63) is 34.9 Å². The third kappa shape index (κ3) is 4.31. The maximum Gasteiger partial charge on any atom is 0.306 e. The first-order chi connectivity index (χ1) is 7.59. The zero-order valence-corrected chi connectivity index (χ0v) is 9.57. The second kappa shape index (κ2) is 6.12. The van der Waals surface area contributed by atoms with Gasteiger partial charge in [0.25, 0.3) is 0 Å². The summed E-state index contributed by atoms with van der Waals surface area (Å²) in [5.74, 6) is -0.903. The van der Waals surface area contributed by atoms with Gasteiger partial charge >= 0.3 is 5.97 Å². The number of benzene rings is 1. The van der Waals surface area contributed by atoms with E-state index in [2.05, 4.69) is 5.16 Å². The molecule has 0 spiro atoms. The zero-order valence-electron chi connectivity index (χ0n) is 8.81. The fraction of sp³-hybridized carbons (Fsp3) is 0.273. The maximum absolute atomic E-state index is 10.2. The zero-order chi connectivity index (χ0) is 12.0. The van der Waals surface area contributed by atoms with Gasteiger partial charge in [0.05, 0.1) is 12.1 Å². The molecule has 1 aromatic rings. The summed E-state index contributed by atoms with van der Waals surface area (Å²) >= 11 is 5.74. The Morgan fingerprint density at radius 1 is 1.44 bits per heavy atom. The molecule has 1 rings (SSSR count). The molecular weight excluding hydrogens is 230 g/mol. The summed E-state index contributed by atoms with van der Waals surface area (Å²) in [5.41, 5.74) is 1.57. The van der Waals surface area contributed by atoms with Crippen LogP contribution >= 0.6 is 11.6 Å². The van der Waals surface area contributed by atoms with Crippen LogP contribution in [0.2, 0.25) is 5.02 Å². The first-order valence-electron chi connectivity index (χ1n) is 4.74. The summed E-state index contributed by atoms with van der Waals surface area (Å²) in [5, 5.41) is 12.8. The van der Waals surface area contributed by atoms with E-state index < -0.39 is 5.97 Å². The van der Waals surface area contributed by atoms with Crippen molar-refractivity contribution in [3.63, 3.8) is 0 Å². The van der Waals surface area contributed by atoms with Crippen LogP contribution in [0.3, 0.4) is 0 Å². The minimum Gasteiger partial charge on any atom is -0.481 e. The lowest BCUT2D eigenvalue weighted by Crippen LogP contribution is -2.02. The predicted octanol–water partition coefficient (Wildman–Crippen LogP) is 2.56. The quantitative estimate of drug-likeness (QED) is 0.490. The summed E-state index contributed by atoms with van der Waals surface area (Å²) in [6, 6.07) is 7.16. The Morgan fingerprint density at radius 3 is 2.62 bits per heavy atom. The molecule has 0 aliphatic carbocycles. The number of hydrogen-bond donors (Lipinski definition) is 1. The number of carbonyl (C=O) groups is 1. The van der Waals surface area contributed by atoms with Crippen LogP contribution in [0.15, 0.2) is 29.4 Å². The Balaban J connectivity index is 2.50. The monoisotopic (exact) mass is 241 g/mol. The van der Waals surface area contributed by atoms with E-state index in [1.807, 2.05) is 12.1 Å². The van der Waals surface area contributed by atoms with E-state index in [-0.39, 0.29) is 13.0 Å². The molecule has 1 N–H and O–H groups in total. The third-order valence-corrected chi connectivity index (χ3v) is 2.12. The van der Waals surface area contributed by atoms with Crippen molar-refractivity contribution in [3.8, 4) is 0 Å². The number of halogens is 1. The fourth-order valence-electron chi connectivity index (χ4n) is 1.02. The number of carboxylic acid groups (broad SMARTS) is 1. The molecule has 16 heavy (non-hydrogen) atoms. The second-order valence-corrected chi connectivity index (χ2v) is 3.60. The van der Waals surface area contributed by atoms with Crippen LogP contribution < -0.4 is 0 Å². The molecule has 0 heterocycles. The van der Waals surface area contributed by atoms with Gasteiger partial charge in [-0.3, -0.25) is 4.79 Å². The number of oxime groups is 1. The van der Waals surface area contributed by atoms with Crippen molar-refractivity contribution in [1.29, 1.82) is 0 Å². The average molecular weight is 242 g/mol. The van der Waals surface area contributed by atoms with Crippen LogP contribution in [0.5, 0.6) is 0 Å². The molecule has 0 amide bonds. The number of aliphatic carboxylic acids is 1. The highest BCUT2D eigenvalue weighted by Gasteiger charge is 1.99. The maximum atomic E-state index is 10.2. The summed E-state index contributed by atoms with van der Waals surface area (Å²) < 4.78 is 0. The number of carboxylic acids is 1. The van der Waals surface area contributed by atoms with Crippen LogP contribution in [-0.2, 0) is 9.63 Å². The van der Waals surface area contributed by atoms with Gasteiger partial charge in [-0.05, 0) is 24.6 Å². The lowest BCUT2D eigenvalue weighted by molar-refractivity contribution is -0.138. The lowest BCUT2D eigenvalue weighted by Gasteiger charge is -2.01. The Hall–Kier alpha value is -1.55. The standard InChI is InChI=1S/C11H12ClNO3/c1-8(13-16-7-6-11(14)15)9-2-4-10(12)5-3-9/h2-5H,6-7H2,1H3,(H,14,15). The molecule has 0 saturated heterocycles. The minimum atomic E-state index is -0.903. The molecule has 1 aromatic carbocycles. The van der Waals surface area contributed by atoms with Crippen molar-refractivity contribution in [1.82, 2.24) is 0 Å². The smallest absolute Gasteiger partial charge is 0.306 e. The van der Waals surface area contributed by atoms with Crippen LogP contribution in [0.25, 0.3) is 0 Å². The Morgan fingerprint density at radius 2 is 2.06 bits per heavy atom. The number of nitrogens with zero attached hydrogens (tertiary/aromatic N) is 1. The van der Waals surface area contributed by atoms with Crippen molar-refractivity contribution in [2.45, 2.75) is 13.3 Å². The van der Waals surface area contributed by atoms with Gasteiger partial charge in [0.15, 0.2) is 0 Å². The average Bonchev–Trinajstić information content (AvgIpc) is 2.25. The van der Waals surface area contributed by atoms with Crippen LogP contribution in [0.4, 0.5) is 0 Å². The highest BCUT2D eigenvalue weighted by molar-refractivity contribution is 6.30. The lowest BCUT2D eigenvalue weighted by atomic mass is 10.1. The first kappa shape index (κ1) is 12.5. The van der Waals surface area contributed by atoms with Gasteiger partial charge in [0.2, 0.25) is 0 Å². The molecular formula is C11H12ClNO3. The van der Waals surface area contributed by atoms with Crippen LogP contribution in [0.1, 0.15) is 18.9 Å². The van der Waals surface area contributed by atoms with E-state index >= 15 is 0 Å². The van der Waals surface area contributed by atoms with Crippen molar-refractivity contribution >= 4 is 23.3 Å². The van der Waals surface area contributed by atoms with Crippen molar-refractivity contribution < 1.29 is 14.7 Å².